The molecular formula is C12H16ClNO2S. The highest BCUT2D eigenvalue weighted by Gasteiger charge is 2.19. The number of nitrogens with two attached hydrogens (primary N) is 1. The fourth-order valence-electron chi connectivity index (χ4n) is 1.39. The first-order chi connectivity index (χ1) is 8.04. The second-order valence-corrected chi connectivity index (χ2v) is 5.45. The third-order valence-corrected chi connectivity index (χ3v) is 3.90. The van der Waals surface area contributed by atoms with Crippen molar-refractivity contribution < 1.29 is 9.90 Å². The van der Waals surface area contributed by atoms with Crippen molar-refractivity contribution in [2.24, 2.45) is 0 Å². The van der Waals surface area contributed by atoms with Gasteiger partial charge in [0, 0.05) is 15.6 Å². The van der Waals surface area contributed by atoms with Crippen molar-refractivity contribution in [3.05, 3.63) is 23.2 Å². The number of nitrogen functional groups attached to an aromatic ring is 1. The molecule has 0 amide bonds. The molecule has 1 atom stereocenters. The molecule has 17 heavy (non-hydrogen) atoms. The fourth-order valence-corrected chi connectivity index (χ4v) is 2.71. The molecule has 0 aliphatic carbocycles. The largest absolute Gasteiger partial charge is 0.480 e. The normalized spacial score (nSPS) is 12.4. The van der Waals surface area contributed by atoms with Gasteiger partial charge in [-0.2, -0.15) is 0 Å². The van der Waals surface area contributed by atoms with Crippen LogP contribution in [0.15, 0.2) is 23.1 Å². The molecular weight excluding hydrogens is 258 g/mol. The maximum atomic E-state index is 11.1. The fraction of sp³-hybridized carbons (Fsp3) is 0.417. The van der Waals surface area contributed by atoms with Gasteiger partial charge in [-0.05, 0) is 24.6 Å². The second-order valence-electron chi connectivity index (χ2n) is 3.77. The summed E-state index contributed by atoms with van der Waals surface area (Å²) in [5.41, 5.74) is 6.37. The number of hydrogen-bond acceptors (Lipinski definition) is 3. The van der Waals surface area contributed by atoms with Crippen molar-refractivity contribution in [2.75, 3.05) is 5.73 Å². The lowest BCUT2D eigenvalue weighted by atomic mass is 10.2. The van der Waals surface area contributed by atoms with Crippen LogP contribution in [0.25, 0.3) is 0 Å². The molecule has 0 fully saturated rings. The van der Waals surface area contributed by atoms with Crippen LogP contribution in [0.5, 0.6) is 0 Å². The highest BCUT2D eigenvalue weighted by molar-refractivity contribution is 8.00. The number of aliphatic carboxylic acids is 1. The number of unbranched alkanes of at least 4 members (excludes halogenated alkanes) is 1. The third-order valence-electron chi connectivity index (χ3n) is 2.34. The molecule has 1 unspecified atom stereocenters. The van der Waals surface area contributed by atoms with Crippen molar-refractivity contribution in [2.45, 2.75) is 36.3 Å². The summed E-state index contributed by atoms with van der Waals surface area (Å²) >= 11 is 7.14. The molecule has 0 heterocycles. The molecule has 0 aromatic heterocycles. The summed E-state index contributed by atoms with van der Waals surface area (Å²) in [4.78, 5) is 11.8. The first kappa shape index (κ1) is 14.2. The molecule has 0 radical (unpaired) electrons. The number of halogens is 1. The lowest BCUT2D eigenvalue weighted by molar-refractivity contribution is -0.136. The van der Waals surface area contributed by atoms with E-state index in [9.17, 15) is 4.79 Å². The van der Waals surface area contributed by atoms with Crippen molar-refractivity contribution in [1.29, 1.82) is 0 Å². The Balaban J connectivity index is 2.78. The van der Waals surface area contributed by atoms with Gasteiger partial charge in [-0.25, -0.2) is 0 Å². The van der Waals surface area contributed by atoms with Gasteiger partial charge in [0.05, 0.1) is 0 Å². The van der Waals surface area contributed by atoms with Crippen LogP contribution in [0.4, 0.5) is 5.69 Å². The van der Waals surface area contributed by atoms with Crippen molar-refractivity contribution in [3.8, 4) is 0 Å². The maximum Gasteiger partial charge on any atom is 0.316 e. The summed E-state index contributed by atoms with van der Waals surface area (Å²) in [6, 6.07) is 5.11. The Labute approximate surface area is 110 Å². The molecule has 1 rings (SSSR count). The summed E-state index contributed by atoms with van der Waals surface area (Å²) in [5.74, 6) is -0.803. The van der Waals surface area contributed by atoms with E-state index in [0.29, 0.717) is 17.1 Å². The molecule has 5 heteroatoms. The molecule has 1 aromatic rings. The Kier molecular flexibility index (Phi) is 5.65. The predicted molar refractivity (Wildman–Crippen MR) is 72.7 cm³/mol. The Hall–Kier alpha value is -0.870. The van der Waals surface area contributed by atoms with E-state index in [2.05, 4.69) is 0 Å². The van der Waals surface area contributed by atoms with Crippen LogP contribution in [0, 0.1) is 0 Å². The van der Waals surface area contributed by atoms with Gasteiger partial charge >= 0.3 is 5.97 Å². The van der Waals surface area contributed by atoms with Gasteiger partial charge < -0.3 is 10.8 Å². The molecule has 0 bridgehead atoms. The van der Waals surface area contributed by atoms with E-state index in [1.54, 1.807) is 18.2 Å². The van der Waals surface area contributed by atoms with Crippen LogP contribution in [0.3, 0.4) is 0 Å². The highest BCUT2D eigenvalue weighted by atomic mass is 35.5. The number of hydrogen-bond donors (Lipinski definition) is 2. The zero-order valence-corrected chi connectivity index (χ0v) is 11.2. The monoisotopic (exact) mass is 273 g/mol. The summed E-state index contributed by atoms with van der Waals surface area (Å²) in [6.07, 6.45) is 2.52. The van der Waals surface area contributed by atoms with Crippen molar-refractivity contribution in [1.82, 2.24) is 0 Å². The molecule has 0 aliphatic rings. The van der Waals surface area contributed by atoms with Crippen LogP contribution in [-0.2, 0) is 4.79 Å². The minimum atomic E-state index is -0.803. The van der Waals surface area contributed by atoms with Gasteiger partial charge in [0.15, 0.2) is 0 Å². The number of anilines is 1. The number of benzene rings is 1. The van der Waals surface area contributed by atoms with Crippen LogP contribution in [-0.4, -0.2) is 16.3 Å². The Morgan fingerprint density at radius 1 is 1.59 bits per heavy atom. The molecule has 1 aromatic carbocycles. The standard InChI is InChI=1S/C12H16ClNO2S/c1-2-3-4-10(12(15)16)17-11-7-8(13)5-6-9(11)14/h5-7,10H,2-4,14H2,1H3,(H,15,16). The Morgan fingerprint density at radius 3 is 2.88 bits per heavy atom. The van der Waals surface area contributed by atoms with Gasteiger partial charge in [0.1, 0.15) is 5.25 Å². The number of carbonyl (C=O) groups is 1. The average molecular weight is 274 g/mol. The zero-order valence-electron chi connectivity index (χ0n) is 9.65. The molecule has 94 valence electrons. The Bertz CT molecular complexity index is 398. The highest BCUT2D eigenvalue weighted by Crippen LogP contribution is 2.33. The smallest absolute Gasteiger partial charge is 0.316 e. The number of rotatable bonds is 6. The van der Waals surface area contributed by atoms with Crippen molar-refractivity contribution in [3.63, 3.8) is 0 Å². The molecule has 0 aliphatic heterocycles. The van der Waals surface area contributed by atoms with Gasteiger partial charge in [0.2, 0.25) is 0 Å². The number of carboxylic acids is 1. The van der Waals surface area contributed by atoms with Gasteiger partial charge in [0.25, 0.3) is 0 Å². The topological polar surface area (TPSA) is 63.3 Å². The predicted octanol–water partition coefficient (Wildman–Crippen LogP) is 3.66. The van der Waals surface area contributed by atoms with E-state index in [-0.39, 0.29) is 0 Å². The lowest BCUT2D eigenvalue weighted by Gasteiger charge is -2.13. The lowest BCUT2D eigenvalue weighted by Crippen LogP contribution is -2.16. The quantitative estimate of drug-likeness (QED) is 0.613. The average Bonchev–Trinajstić information content (AvgIpc) is 2.28. The molecule has 0 saturated heterocycles. The zero-order chi connectivity index (χ0) is 12.8. The number of carboxylic acid groups (broad SMARTS) is 1. The van der Waals surface area contributed by atoms with Gasteiger partial charge in [-0.3, -0.25) is 4.79 Å². The van der Waals surface area contributed by atoms with Crippen molar-refractivity contribution >= 4 is 35.0 Å². The summed E-state index contributed by atoms with van der Waals surface area (Å²) in [7, 11) is 0. The minimum absolute atomic E-state index is 0.462. The number of thioether (sulfide) groups is 1. The molecule has 0 saturated carbocycles. The van der Waals surface area contributed by atoms with Gasteiger partial charge in [-0.15, -0.1) is 11.8 Å². The SMILES string of the molecule is CCCCC(Sc1cc(Cl)ccc1N)C(=O)O. The van der Waals surface area contributed by atoms with E-state index < -0.39 is 11.2 Å². The van der Waals surface area contributed by atoms with E-state index in [1.165, 1.54) is 11.8 Å². The molecule has 3 N–H and O–H groups in total. The van der Waals surface area contributed by atoms with E-state index >= 15 is 0 Å². The Morgan fingerprint density at radius 2 is 2.29 bits per heavy atom. The minimum Gasteiger partial charge on any atom is -0.480 e. The van der Waals surface area contributed by atoms with E-state index in [1.807, 2.05) is 6.92 Å². The van der Waals surface area contributed by atoms with Crippen LogP contribution in [0.1, 0.15) is 26.2 Å². The summed E-state index contributed by atoms with van der Waals surface area (Å²) in [6.45, 7) is 2.04. The first-order valence-corrected chi connectivity index (χ1v) is 6.74. The maximum absolute atomic E-state index is 11.1. The molecule has 0 spiro atoms. The summed E-state index contributed by atoms with van der Waals surface area (Å²) < 4.78 is 0. The van der Waals surface area contributed by atoms with E-state index in [4.69, 9.17) is 22.4 Å². The first-order valence-electron chi connectivity index (χ1n) is 5.49. The molecule has 3 nitrogen and oxygen atoms in total. The second kappa shape index (κ2) is 6.77. The van der Waals surface area contributed by atoms with Crippen LogP contribution >= 0.6 is 23.4 Å². The third kappa shape index (κ3) is 4.48. The van der Waals surface area contributed by atoms with Crippen LogP contribution in [0.2, 0.25) is 5.02 Å². The van der Waals surface area contributed by atoms with Gasteiger partial charge in [-0.1, -0.05) is 31.4 Å². The van der Waals surface area contributed by atoms with E-state index in [0.717, 1.165) is 17.7 Å². The summed E-state index contributed by atoms with van der Waals surface area (Å²) in [5, 5.41) is 9.24. The van der Waals surface area contributed by atoms with Crippen LogP contribution < -0.4 is 5.73 Å².